The zero-order valence-corrected chi connectivity index (χ0v) is 19.7. The molecule has 0 atom stereocenters. The molecule has 0 saturated carbocycles. The van der Waals surface area contributed by atoms with Crippen molar-refractivity contribution in [2.75, 3.05) is 0 Å². The molecule has 0 aliphatic rings. The van der Waals surface area contributed by atoms with Gasteiger partial charge in [-0.2, -0.15) is 0 Å². The minimum Gasteiger partial charge on any atom is -0.0616 e. The standard InChI is InChI=1S/C36H22/c1-3-11-27-23(9-1)17-19-25-21-33(29-13-5-7-15-31(29)35(25)27)34-22-26-20-18-24-10-2-4-12-28(24)36(26)32-16-8-6-14-30(32)34/h1-22H. The van der Waals surface area contributed by atoms with E-state index in [4.69, 9.17) is 0 Å². The van der Waals surface area contributed by atoms with Gasteiger partial charge < -0.3 is 0 Å². The van der Waals surface area contributed by atoms with Crippen molar-refractivity contribution in [2.45, 2.75) is 0 Å². The molecule has 0 spiro atoms. The van der Waals surface area contributed by atoms with Gasteiger partial charge in [0.05, 0.1) is 0 Å². The van der Waals surface area contributed by atoms with Gasteiger partial charge in [-0.15, -0.1) is 0 Å². The van der Waals surface area contributed by atoms with Crippen molar-refractivity contribution in [3.05, 3.63) is 133 Å². The van der Waals surface area contributed by atoms with Gasteiger partial charge in [-0.25, -0.2) is 0 Å². The normalized spacial score (nSPS) is 11.9. The van der Waals surface area contributed by atoms with Crippen molar-refractivity contribution in [2.24, 2.45) is 0 Å². The fourth-order valence-electron chi connectivity index (χ4n) is 6.20. The molecule has 0 radical (unpaired) electrons. The topological polar surface area (TPSA) is 0 Å². The Kier molecular flexibility index (Phi) is 4.03. The summed E-state index contributed by atoms with van der Waals surface area (Å²) in [5, 5.41) is 15.6. The zero-order valence-electron chi connectivity index (χ0n) is 19.7. The van der Waals surface area contributed by atoms with Crippen LogP contribution >= 0.6 is 0 Å². The van der Waals surface area contributed by atoms with Crippen molar-refractivity contribution in [3.8, 4) is 11.1 Å². The lowest BCUT2D eigenvalue weighted by atomic mass is 9.86. The van der Waals surface area contributed by atoms with Gasteiger partial charge in [0, 0.05) is 0 Å². The molecular formula is C36H22. The Morgan fingerprint density at radius 3 is 1.03 bits per heavy atom. The van der Waals surface area contributed by atoms with E-state index < -0.39 is 0 Å². The molecule has 0 heterocycles. The average molecular weight is 455 g/mol. The number of hydrogen-bond acceptors (Lipinski definition) is 0. The van der Waals surface area contributed by atoms with Crippen LogP contribution in [0.4, 0.5) is 0 Å². The molecule has 8 rings (SSSR count). The van der Waals surface area contributed by atoms with Crippen LogP contribution in [0.5, 0.6) is 0 Å². The SMILES string of the molecule is c1ccc2c(c1)ccc1cc(-c3cc4ccc5ccccc5c4c4ccccc34)c3ccccc3c12. The summed E-state index contributed by atoms with van der Waals surface area (Å²) in [7, 11) is 0. The minimum absolute atomic E-state index is 1.28. The second-order valence-corrected chi connectivity index (χ2v) is 9.71. The lowest BCUT2D eigenvalue weighted by molar-refractivity contribution is 1.73. The molecule has 0 unspecified atom stereocenters. The molecule has 0 bridgehead atoms. The number of hydrogen-bond donors (Lipinski definition) is 0. The molecule has 36 heavy (non-hydrogen) atoms. The second kappa shape index (κ2) is 7.41. The number of benzene rings is 8. The Balaban J connectivity index is 1.56. The second-order valence-electron chi connectivity index (χ2n) is 9.71. The summed E-state index contributed by atoms with van der Waals surface area (Å²) in [6, 6.07) is 49.1. The lowest BCUT2D eigenvalue weighted by Crippen LogP contribution is -1.89. The molecule has 0 nitrogen and oxygen atoms in total. The van der Waals surface area contributed by atoms with Crippen LogP contribution in [0.1, 0.15) is 0 Å². The summed E-state index contributed by atoms with van der Waals surface area (Å²) >= 11 is 0. The minimum atomic E-state index is 1.28. The summed E-state index contributed by atoms with van der Waals surface area (Å²) in [5.41, 5.74) is 2.58. The van der Waals surface area contributed by atoms with E-state index in [1.165, 1.54) is 75.8 Å². The van der Waals surface area contributed by atoms with Crippen LogP contribution in [0.15, 0.2) is 133 Å². The molecule has 0 aromatic heterocycles. The van der Waals surface area contributed by atoms with Gasteiger partial charge in [0.1, 0.15) is 0 Å². The summed E-state index contributed by atoms with van der Waals surface area (Å²) < 4.78 is 0. The van der Waals surface area contributed by atoms with Crippen molar-refractivity contribution in [1.82, 2.24) is 0 Å². The molecule has 8 aromatic carbocycles. The highest BCUT2D eigenvalue weighted by atomic mass is 14.2. The highest BCUT2D eigenvalue weighted by Gasteiger charge is 2.15. The zero-order chi connectivity index (χ0) is 23.6. The van der Waals surface area contributed by atoms with E-state index >= 15 is 0 Å². The van der Waals surface area contributed by atoms with Gasteiger partial charge >= 0.3 is 0 Å². The van der Waals surface area contributed by atoms with E-state index in [1.807, 2.05) is 0 Å². The Morgan fingerprint density at radius 1 is 0.250 bits per heavy atom. The molecular weight excluding hydrogens is 432 g/mol. The summed E-state index contributed by atoms with van der Waals surface area (Å²) in [6.45, 7) is 0. The average Bonchev–Trinajstić information content (AvgIpc) is 2.95. The van der Waals surface area contributed by atoms with E-state index in [9.17, 15) is 0 Å². The third-order valence-corrected chi connectivity index (χ3v) is 7.79. The van der Waals surface area contributed by atoms with Crippen LogP contribution in [0.2, 0.25) is 0 Å². The third kappa shape index (κ3) is 2.70. The largest absolute Gasteiger partial charge is 0.0616 e. The van der Waals surface area contributed by atoms with E-state index in [-0.39, 0.29) is 0 Å². The van der Waals surface area contributed by atoms with Gasteiger partial charge in [-0.1, -0.05) is 121 Å². The van der Waals surface area contributed by atoms with Gasteiger partial charge in [-0.05, 0) is 87.9 Å². The first-order valence-corrected chi connectivity index (χ1v) is 12.5. The molecule has 0 heteroatoms. The predicted molar refractivity (Wildman–Crippen MR) is 157 cm³/mol. The first-order chi connectivity index (χ1) is 17.9. The van der Waals surface area contributed by atoms with Gasteiger partial charge in [0.15, 0.2) is 0 Å². The highest BCUT2D eigenvalue weighted by molar-refractivity contribution is 6.27. The summed E-state index contributed by atoms with van der Waals surface area (Å²) in [6.07, 6.45) is 0. The fraction of sp³-hybridized carbons (Fsp3) is 0. The molecule has 0 aliphatic heterocycles. The first-order valence-electron chi connectivity index (χ1n) is 12.5. The van der Waals surface area contributed by atoms with Crippen LogP contribution in [-0.4, -0.2) is 0 Å². The fourth-order valence-corrected chi connectivity index (χ4v) is 6.20. The Morgan fingerprint density at radius 2 is 0.583 bits per heavy atom. The first kappa shape index (κ1) is 19.6. The van der Waals surface area contributed by atoms with Crippen LogP contribution in [0, 0.1) is 0 Å². The molecule has 0 fully saturated rings. The van der Waals surface area contributed by atoms with Crippen LogP contribution in [0.25, 0.3) is 75.8 Å². The number of fused-ring (bicyclic) bond motifs is 10. The molecule has 166 valence electrons. The van der Waals surface area contributed by atoms with Gasteiger partial charge in [0.2, 0.25) is 0 Å². The maximum absolute atomic E-state index is 2.40. The predicted octanol–water partition coefficient (Wildman–Crippen LogP) is 10.3. The van der Waals surface area contributed by atoms with Crippen molar-refractivity contribution in [3.63, 3.8) is 0 Å². The Labute approximate surface area is 209 Å². The third-order valence-electron chi connectivity index (χ3n) is 7.79. The quantitative estimate of drug-likeness (QED) is 0.216. The maximum Gasteiger partial charge on any atom is -0.00264 e. The molecule has 0 N–H and O–H groups in total. The monoisotopic (exact) mass is 454 g/mol. The van der Waals surface area contributed by atoms with Crippen molar-refractivity contribution < 1.29 is 0 Å². The van der Waals surface area contributed by atoms with Crippen LogP contribution in [0.3, 0.4) is 0 Å². The van der Waals surface area contributed by atoms with E-state index in [0.717, 1.165) is 0 Å². The maximum atomic E-state index is 2.40. The van der Waals surface area contributed by atoms with Crippen LogP contribution in [-0.2, 0) is 0 Å². The Hall–Kier alpha value is -4.68. The summed E-state index contributed by atoms with van der Waals surface area (Å²) in [4.78, 5) is 0. The van der Waals surface area contributed by atoms with Crippen molar-refractivity contribution >= 4 is 64.6 Å². The van der Waals surface area contributed by atoms with E-state index in [1.54, 1.807) is 0 Å². The lowest BCUT2D eigenvalue weighted by Gasteiger charge is -2.17. The van der Waals surface area contributed by atoms with Gasteiger partial charge in [-0.3, -0.25) is 0 Å². The molecule has 0 aliphatic carbocycles. The van der Waals surface area contributed by atoms with Crippen LogP contribution < -0.4 is 0 Å². The van der Waals surface area contributed by atoms with Crippen molar-refractivity contribution in [1.29, 1.82) is 0 Å². The van der Waals surface area contributed by atoms with E-state index in [0.29, 0.717) is 0 Å². The Bertz CT molecular complexity index is 1990. The highest BCUT2D eigenvalue weighted by Crippen LogP contribution is 2.43. The molecule has 0 saturated heterocycles. The summed E-state index contributed by atoms with van der Waals surface area (Å²) in [5.74, 6) is 0. The molecule has 8 aromatic rings. The van der Waals surface area contributed by atoms with E-state index in [2.05, 4.69) is 133 Å². The molecule has 0 amide bonds. The van der Waals surface area contributed by atoms with Gasteiger partial charge in [0.25, 0.3) is 0 Å². The number of rotatable bonds is 1. The smallest absolute Gasteiger partial charge is 0.00264 e.